The predicted molar refractivity (Wildman–Crippen MR) is 69.6 cm³/mol. The second-order valence-corrected chi connectivity index (χ2v) is 3.95. The molecule has 94 valence electrons. The topological polar surface area (TPSA) is 98.7 Å². The zero-order valence-corrected chi connectivity index (χ0v) is 9.59. The minimum atomic E-state index is -0.197. The Labute approximate surface area is 104 Å². The van der Waals surface area contributed by atoms with Gasteiger partial charge in [0.25, 0.3) is 0 Å². The number of hydrogen-bond donors (Lipinski definition) is 5. The molecule has 0 aliphatic rings. The van der Waals surface area contributed by atoms with E-state index in [2.05, 4.69) is 5.32 Å². The zero-order valence-electron chi connectivity index (χ0n) is 9.59. The van der Waals surface area contributed by atoms with Crippen LogP contribution in [-0.4, -0.2) is 15.3 Å². The van der Waals surface area contributed by atoms with Crippen LogP contribution in [0.15, 0.2) is 36.4 Å². The summed E-state index contributed by atoms with van der Waals surface area (Å²) in [6, 6.07) is 9.22. The molecule has 0 spiro atoms. The van der Waals surface area contributed by atoms with Gasteiger partial charge in [-0.3, -0.25) is 0 Å². The molecule has 0 radical (unpaired) electrons. The molecule has 0 atom stereocenters. The Kier molecular flexibility index (Phi) is 3.14. The van der Waals surface area contributed by atoms with Crippen molar-refractivity contribution < 1.29 is 15.3 Å². The fourth-order valence-corrected chi connectivity index (χ4v) is 1.58. The van der Waals surface area contributed by atoms with Gasteiger partial charge in [0.1, 0.15) is 5.75 Å². The Morgan fingerprint density at radius 3 is 2.33 bits per heavy atom. The Balaban J connectivity index is 2.11. The second-order valence-electron chi connectivity index (χ2n) is 3.95. The summed E-state index contributed by atoms with van der Waals surface area (Å²) in [4.78, 5) is 0. The molecule has 6 N–H and O–H groups in total. The average molecular weight is 246 g/mol. The van der Waals surface area contributed by atoms with E-state index >= 15 is 0 Å². The minimum Gasteiger partial charge on any atom is -0.508 e. The molecule has 2 rings (SSSR count). The highest BCUT2D eigenvalue weighted by molar-refractivity contribution is 5.55. The van der Waals surface area contributed by atoms with E-state index in [-0.39, 0.29) is 17.2 Å². The zero-order chi connectivity index (χ0) is 13.1. The molecular formula is C13H14N2O3. The molecule has 0 aromatic heterocycles. The third-order valence-electron chi connectivity index (χ3n) is 2.56. The number of hydrogen-bond acceptors (Lipinski definition) is 5. The van der Waals surface area contributed by atoms with E-state index in [1.807, 2.05) is 0 Å². The van der Waals surface area contributed by atoms with Crippen LogP contribution < -0.4 is 11.1 Å². The summed E-state index contributed by atoms with van der Waals surface area (Å²) in [5, 5.41) is 31.1. The van der Waals surface area contributed by atoms with Crippen molar-refractivity contribution in [3.8, 4) is 17.2 Å². The quantitative estimate of drug-likeness (QED) is 0.324. The Hall–Kier alpha value is -2.56. The van der Waals surface area contributed by atoms with Crippen LogP contribution in [-0.2, 0) is 6.54 Å². The lowest BCUT2D eigenvalue weighted by atomic mass is 10.1. The van der Waals surface area contributed by atoms with Crippen molar-refractivity contribution in [2.24, 2.45) is 0 Å². The lowest BCUT2D eigenvalue weighted by Gasteiger charge is -2.09. The van der Waals surface area contributed by atoms with Crippen molar-refractivity contribution in [2.45, 2.75) is 6.54 Å². The molecule has 2 aromatic carbocycles. The van der Waals surface area contributed by atoms with Gasteiger partial charge in [0, 0.05) is 29.5 Å². The number of nitrogens with two attached hydrogens (primary N) is 1. The first kappa shape index (κ1) is 11.9. The van der Waals surface area contributed by atoms with Crippen molar-refractivity contribution in [1.82, 2.24) is 0 Å². The van der Waals surface area contributed by atoms with Crippen LogP contribution in [0.4, 0.5) is 11.4 Å². The van der Waals surface area contributed by atoms with E-state index in [4.69, 9.17) is 5.73 Å². The first-order valence-electron chi connectivity index (χ1n) is 5.39. The summed E-state index contributed by atoms with van der Waals surface area (Å²) >= 11 is 0. The highest BCUT2D eigenvalue weighted by Gasteiger charge is 2.03. The summed E-state index contributed by atoms with van der Waals surface area (Å²) < 4.78 is 0. The molecule has 2 aromatic rings. The van der Waals surface area contributed by atoms with Gasteiger partial charge >= 0.3 is 0 Å². The normalized spacial score (nSPS) is 10.2. The van der Waals surface area contributed by atoms with Gasteiger partial charge in [0.2, 0.25) is 0 Å². The third-order valence-corrected chi connectivity index (χ3v) is 2.56. The van der Waals surface area contributed by atoms with Gasteiger partial charge in [-0.2, -0.15) is 0 Å². The first-order valence-corrected chi connectivity index (χ1v) is 5.39. The minimum absolute atomic E-state index is 0.153. The van der Waals surface area contributed by atoms with E-state index in [0.717, 1.165) is 0 Å². The number of nitrogen functional groups attached to an aromatic ring is 1. The highest BCUT2D eigenvalue weighted by atomic mass is 16.3. The number of phenols is 3. The van der Waals surface area contributed by atoms with E-state index < -0.39 is 0 Å². The summed E-state index contributed by atoms with van der Waals surface area (Å²) in [7, 11) is 0. The van der Waals surface area contributed by atoms with Gasteiger partial charge < -0.3 is 26.4 Å². The number of anilines is 2. The summed E-state index contributed by atoms with van der Waals surface area (Å²) in [5.74, 6) is -0.219. The van der Waals surface area contributed by atoms with Gasteiger partial charge in [0.05, 0.1) is 0 Å². The molecule has 5 nitrogen and oxygen atoms in total. The molecule has 0 saturated carbocycles. The van der Waals surface area contributed by atoms with Gasteiger partial charge in [-0.25, -0.2) is 0 Å². The van der Waals surface area contributed by atoms with Crippen molar-refractivity contribution in [3.63, 3.8) is 0 Å². The van der Waals surface area contributed by atoms with E-state index in [0.29, 0.717) is 23.5 Å². The molecule has 0 aliphatic heterocycles. The Morgan fingerprint density at radius 2 is 1.61 bits per heavy atom. The number of benzene rings is 2. The molecule has 0 heterocycles. The van der Waals surface area contributed by atoms with E-state index in [9.17, 15) is 15.3 Å². The fourth-order valence-electron chi connectivity index (χ4n) is 1.58. The molecule has 0 amide bonds. The molecule has 0 saturated heterocycles. The van der Waals surface area contributed by atoms with Crippen LogP contribution in [0, 0.1) is 0 Å². The maximum atomic E-state index is 9.63. The summed E-state index contributed by atoms with van der Waals surface area (Å²) in [5.41, 5.74) is 7.48. The van der Waals surface area contributed by atoms with Gasteiger partial charge in [-0.15, -0.1) is 0 Å². The third kappa shape index (κ3) is 2.57. The van der Waals surface area contributed by atoms with E-state index in [1.165, 1.54) is 18.2 Å². The van der Waals surface area contributed by atoms with E-state index in [1.54, 1.807) is 18.2 Å². The second kappa shape index (κ2) is 4.75. The van der Waals surface area contributed by atoms with Gasteiger partial charge in [0.15, 0.2) is 11.5 Å². The smallest absolute Gasteiger partial charge is 0.159 e. The molecule has 0 bridgehead atoms. The molecule has 18 heavy (non-hydrogen) atoms. The van der Waals surface area contributed by atoms with Crippen molar-refractivity contribution >= 4 is 11.4 Å². The lowest BCUT2D eigenvalue weighted by molar-refractivity contribution is 0.404. The highest BCUT2D eigenvalue weighted by Crippen LogP contribution is 2.28. The van der Waals surface area contributed by atoms with Crippen molar-refractivity contribution in [1.29, 1.82) is 0 Å². The number of rotatable bonds is 3. The van der Waals surface area contributed by atoms with Crippen LogP contribution in [0.25, 0.3) is 0 Å². The first-order chi connectivity index (χ1) is 8.56. The van der Waals surface area contributed by atoms with Gasteiger partial charge in [-0.05, 0) is 30.3 Å². The maximum Gasteiger partial charge on any atom is 0.159 e. The van der Waals surface area contributed by atoms with Crippen molar-refractivity contribution in [2.75, 3.05) is 11.1 Å². The molecule has 0 unspecified atom stereocenters. The predicted octanol–water partition coefficient (Wildman–Crippen LogP) is 2.00. The fraction of sp³-hybridized carbons (Fsp3) is 0.0769. The largest absolute Gasteiger partial charge is 0.508 e. The average Bonchev–Trinajstić information content (AvgIpc) is 2.34. The standard InChI is InChI=1S/C13H14N2O3/c14-9-1-3-11(16)8(5-9)7-15-10-2-4-12(17)13(18)6-10/h1-6,15-18H,7,14H2. The van der Waals surface area contributed by atoms with Crippen molar-refractivity contribution in [3.05, 3.63) is 42.0 Å². The lowest BCUT2D eigenvalue weighted by Crippen LogP contribution is -2.00. The SMILES string of the molecule is Nc1ccc(O)c(CNc2ccc(O)c(O)c2)c1. The van der Waals surface area contributed by atoms with Gasteiger partial charge in [-0.1, -0.05) is 0 Å². The molecule has 0 fully saturated rings. The maximum absolute atomic E-state index is 9.63. The monoisotopic (exact) mass is 246 g/mol. The Bertz CT molecular complexity index is 570. The molecule has 0 aliphatic carbocycles. The summed E-state index contributed by atoms with van der Waals surface area (Å²) in [6.07, 6.45) is 0. The van der Waals surface area contributed by atoms with Crippen LogP contribution in [0.1, 0.15) is 5.56 Å². The van der Waals surface area contributed by atoms with Crippen LogP contribution in [0.2, 0.25) is 0 Å². The summed E-state index contributed by atoms with van der Waals surface area (Å²) in [6.45, 7) is 0.362. The van der Waals surface area contributed by atoms with Crippen LogP contribution in [0.5, 0.6) is 17.2 Å². The Morgan fingerprint density at radius 1 is 0.889 bits per heavy atom. The molecule has 5 heteroatoms. The molecular weight excluding hydrogens is 232 g/mol. The van der Waals surface area contributed by atoms with Crippen LogP contribution >= 0.6 is 0 Å². The number of aromatic hydroxyl groups is 3. The number of phenolic OH excluding ortho intramolecular Hbond substituents is 3. The van der Waals surface area contributed by atoms with Crippen LogP contribution in [0.3, 0.4) is 0 Å². The number of nitrogens with one attached hydrogen (secondary N) is 1.